The number of carbonyl (C=O) groups is 1. The third-order valence-corrected chi connectivity index (χ3v) is 4.66. The molecular weight excluding hydrogens is 404 g/mol. The summed E-state index contributed by atoms with van der Waals surface area (Å²) in [5.41, 5.74) is 1.98. The van der Waals surface area contributed by atoms with E-state index in [1.54, 1.807) is 39.0 Å². The highest BCUT2D eigenvalue weighted by atomic mass is 16.6. The summed E-state index contributed by atoms with van der Waals surface area (Å²) < 4.78 is 5.63. The van der Waals surface area contributed by atoms with Crippen LogP contribution in [-0.4, -0.2) is 28.2 Å². The van der Waals surface area contributed by atoms with Gasteiger partial charge in [0.2, 0.25) is 0 Å². The molecule has 0 spiro atoms. The number of hydrogen-bond acceptors (Lipinski definition) is 5. The van der Waals surface area contributed by atoms with Crippen molar-refractivity contribution in [1.82, 2.24) is 0 Å². The molecule has 6 heteroatoms. The summed E-state index contributed by atoms with van der Waals surface area (Å²) in [6.45, 7) is 5.35. The van der Waals surface area contributed by atoms with E-state index in [4.69, 9.17) is 9.73 Å². The van der Waals surface area contributed by atoms with E-state index >= 15 is 0 Å². The van der Waals surface area contributed by atoms with Gasteiger partial charge in [-0.3, -0.25) is 15.1 Å². The van der Waals surface area contributed by atoms with Gasteiger partial charge in [0.1, 0.15) is 5.60 Å². The Morgan fingerprint density at radius 2 is 1.41 bits per heavy atom. The molecule has 0 fully saturated rings. The molecule has 0 aliphatic carbocycles. The first-order chi connectivity index (χ1) is 15.2. The third-order valence-electron chi connectivity index (χ3n) is 4.66. The number of carbonyl (C=O) groups excluding carboxylic acids is 1. The molecule has 3 rings (SSSR count). The number of rotatable bonds is 7. The predicted octanol–water partition coefficient (Wildman–Crippen LogP) is 5.39. The number of ether oxygens (including phenoxy) is 1. The molecule has 0 unspecified atom stereocenters. The highest BCUT2D eigenvalue weighted by Crippen LogP contribution is 2.23. The molecule has 0 saturated carbocycles. The van der Waals surface area contributed by atoms with E-state index in [0.29, 0.717) is 11.3 Å². The fourth-order valence-electron chi connectivity index (χ4n) is 3.28. The fourth-order valence-corrected chi connectivity index (χ4v) is 3.28. The average molecular weight is 431 g/mol. The molecule has 0 heterocycles. The molecular formula is C26H26N2O4. The zero-order valence-corrected chi connectivity index (χ0v) is 18.4. The monoisotopic (exact) mass is 430 g/mol. The number of nitrogens with zero attached hydrogens (tertiary/aromatic N) is 2. The van der Waals surface area contributed by atoms with Crippen LogP contribution in [0, 0.1) is 10.1 Å². The minimum Gasteiger partial charge on any atom is -0.458 e. The first kappa shape index (κ1) is 22.9. The lowest BCUT2D eigenvalue weighted by atomic mass is 10.00. The Bertz CT molecular complexity index is 1060. The summed E-state index contributed by atoms with van der Waals surface area (Å²) in [6, 6.07) is 24.5. The maximum atomic E-state index is 13.1. The molecule has 32 heavy (non-hydrogen) atoms. The van der Waals surface area contributed by atoms with Crippen molar-refractivity contribution in [2.75, 3.05) is 0 Å². The second kappa shape index (κ2) is 10.0. The van der Waals surface area contributed by atoms with Crippen LogP contribution in [0.3, 0.4) is 0 Å². The van der Waals surface area contributed by atoms with Gasteiger partial charge in [-0.25, -0.2) is 4.79 Å². The van der Waals surface area contributed by atoms with Crippen LogP contribution in [-0.2, 0) is 16.0 Å². The number of benzene rings is 3. The molecule has 0 bridgehead atoms. The van der Waals surface area contributed by atoms with E-state index in [2.05, 4.69) is 0 Å². The van der Waals surface area contributed by atoms with Crippen molar-refractivity contribution in [2.24, 2.45) is 4.99 Å². The summed E-state index contributed by atoms with van der Waals surface area (Å²) in [6.07, 6.45) is 0.0508. The van der Waals surface area contributed by atoms with Crippen LogP contribution in [0.15, 0.2) is 89.9 Å². The Hall–Kier alpha value is -3.80. The highest BCUT2D eigenvalue weighted by Gasteiger charge is 2.28. The Kier molecular flexibility index (Phi) is 7.15. The van der Waals surface area contributed by atoms with Crippen LogP contribution in [0.1, 0.15) is 37.5 Å². The van der Waals surface area contributed by atoms with E-state index in [-0.39, 0.29) is 12.1 Å². The lowest BCUT2D eigenvalue weighted by Crippen LogP contribution is -2.33. The fraction of sp³-hybridized carbons (Fsp3) is 0.231. The Balaban J connectivity index is 2.11. The van der Waals surface area contributed by atoms with Gasteiger partial charge >= 0.3 is 5.97 Å². The van der Waals surface area contributed by atoms with Crippen molar-refractivity contribution in [1.29, 1.82) is 0 Å². The molecule has 0 N–H and O–H groups in total. The Morgan fingerprint density at radius 1 is 0.906 bits per heavy atom. The van der Waals surface area contributed by atoms with E-state index in [1.165, 1.54) is 6.07 Å². The van der Waals surface area contributed by atoms with Crippen LogP contribution < -0.4 is 0 Å². The van der Waals surface area contributed by atoms with Gasteiger partial charge in [-0.2, -0.15) is 0 Å². The number of aliphatic imine (C=N–C) groups is 1. The van der Waals surface area contributed by atoms with Crippen LogP contribution in [0.4, 0.5) is 5.69 Å². The van der Waals surface area contributed by atoms with Crippen molar-refractivity contribution in [3.05, 3.63) is 112 Å². The number of nitro groups is 1. The van der Waals surface area contributed by atoms with Crippen molar-refractivity contribution >= 4 is 17.4 Å². The van der Waals surface area contributed by atoms with Crippen LogP contribution in [0.2, 0.25) is 0 Å². The van der Waals surface area contributed by atoms with Gasteiger partial charge in [0, 0.05) is 29.2 Å². The maximum Gasteiger partial charge on any atom is 0.331 e. The molecule has 3 aromatic carbocycles. The van der Waals surface area contributed by atoms with Crippen LogP contribution in [0.25, 0.3) is 0 Å². The summed E-state index contributed by atoms with van der Waals surface area (Å²) in [5, 5.41) is 11.5. The molecule has 3 aromatic rings. The Morgan fingerprint density at radius 3 is 1.91 bits per heavy atom. The number of esters is 1. The summed E-state index contributed by atoms with van der Waals surface area (Å²) in [7, 11) is 0. The third kappa shape index (κ3) is 6.11. The van der Waals surface area contributed by atoms with Crippen molar-refractivity contribution in [3.8, 4) is 0 Å². The lowest BCUT2D eigenvalue weighted by molar-refractivity contribution is -0.385. The smallest absolute Gasteiger partial charge is 0.331 e. The van der Waals surface area contributed by atoms with Gasteiger partial charge in [-0.1, -0.05) is 78.9 Å². The maximum absolute atomic E-state index is 13.1. The van der Waals surface area contributed by atoms with Gasteiger partial charge in [0.15, 0.2) is 6.04 Å². The molecule has 0 aliphatic heterocycles. The molecule has 0 saturated heterocycles. The predicted molar refractivity (Wildman–Crippen MR) is 125 cm³/mol. The average Bonchev–Trinajstić information content (AvgIpc) is 2.76. The second-order valence-corrected chi connectivity index (χ2v) is 8.35. The molecule has 1 atom stereocenters. The second-order valence-electron chi connectivity index (χ2n) is 8.35. The summed E-state index contributed by atoms with van der Waals surface area (Å²) in [5.74, 6) is -0.528. The zero-order chi connectivity index (χ0) is 23.1. The summed E-state index contributed by atoms with van der Waals surface area (Å²) in [4.78, 5) is 29.0. The van der Waals surface area contributed by atoms with Crippen LogP contribution in [0.5, 0.6) is 0 Å². The Labute approximate surface area is 187 Å². The summed E-state index contributed by atoms with van der Waals surface area (Å²) >= 11 is 0. The number of nitro benzene ring substituents is 1. The number of hydrogen-bond donors (Lipinski definition) is 0. The molecule has 0 aliphatic rings. The largest absolute Gasteiger partial charge is 0.458 e. The van der Waals surface area contributed by atoms with E-state index in [9.17, 15) is 14.9 Å². The van der Waals surface area contributed by atoms with Crippen molar-refractivity contribution in [3.63, 3.8) is 0 Å². The SMILES string of the molecule is CC(C)(C)OC(=O)[C@@H](Cc1ccccc1[N+](=O)[O-])N=C(c1ccccc1)c1ccccc1. The molecule has 164 valence electrons. The minimum atomic E-state index is -0.953. The van der Waals surface area contributed by atoms with Gasteiger partial charge in [0.25, 0.3) is 5.69 Å². The van der Waals surface area contributed by atoms with Crippen LogP contribution >= 0.6 is 0 Å². The van der Waals surface area contributed by atoms with Gasteiger partial charge in [-0.15, -0.1) is 0 Å². The zero-order valence-electron chi connectivity index (χ0n) is 18.4. The van der Waals surface area contributed by atoms with E-state index in [1.807, 2.05) is 60.7 Å². The first-order valence-corrected chi connectivity index (χ1v) is 10.4. The molecule has 6 nitrogen and oxygen atoms in total. The van der Waals surface area contributed by atoms with Gasteiger partial charge in [-0.05, 0) is 20.8 Å². The van der Waals surface area contributed by atoms with Crippen molar-refractivity contribution in [2.45, 2.75) is 38.8 Å². The topological polar surface area (TPSA) is 81.8 Å². The van der Waals surface area contributed by atoms with E-state index in [0.717, 1.165) is 11.1 Å². The molecule has 0 amide bonds. The lowest BCUT2D eigenvalue weighted by Gasteiger charge is -2.23. The standard InChI is InChI=1S/C26H26N2O4/c1-26(2,3)32-25(29)22(18-21-16-10-11-17-23(21)28(30)31)27-24(19-12-6-4-7-13-19)20-14-8-5-9-15-20/h4-17,22H,18H2,1-3H3/t22-/m1/s1. The molecule has 0 radical (unpaired) electrons. The number of para-hydroxylation sites is 1. The van der Waals surface area contributed by atoms with Crippen molar-refractivity contribution < 1.29 is 14.5 Å². The van der Waals surface area contributed by atoms with E-state index < -0.39 is 22.5 Å². The quantitative estimate of drug-likeness (QED) is 0.218. The molecule has 0 aromatic heterocycles. The van der Waals surface area contributed by atoms with Gasteiger partial charge in [0.05, 0.1) is 10.6 Å². The minimum absolute atomic E-state index is 0.0442. The normalized spacial score (nSPS) is 12.0. The first-order valence-electron chi connectivity index (χ1n) is 10.4. The highest BCUT2D eigenvalue weighted by molar-refractivity contribution is 6.13. The van der Waals surface area contributed by atoms with Gasteiger partial charge < -0.3 is 4.74 Å².